The summed E-state index contributed by atoms with van der Waals surface area (Å²) in [6.45, 7) is 5.63. The highest BCUT2D eigenvalue weighted by Crippen LogP contribution is 2.19. The van der Waals surface area contributed by atoms with E-state index in [0.717, 1.165) is 28.5 Å². The number of benzene rings is 1. The number of carbonyl (C=O) groups is 2. The van der Waals surface area contributed by atoms with E-state index in [4.69, 9.17) is 0 Å². The first-order chi connectivity index (χ1) is 14.0. The molecule has 1 aromatic carbocycles. The van der Waals surface area contributed by atoms with Crippen LogP contribution in [-0.2, 0) is 17.6 Å². The van der Waals surface area contributed by atoms with E-state index in [1.165, 1.54) is 11.3 Å². The Morgan fingerprint density at radius 1 is 1.10 bits per heavy atom. The summed E-state index contributed by atoms with van der Waals surface area (Å²) in [5.74, 6) is 2.04. The highest BCUT2D eigenvalue weighted by Gasteiger charge is 2.26. The molecule has 0 aliphatic carbocycles. The zero-order valence-corrected chi connectivity index (χ0v) is 18.4. The van der Waals surface area contributed by atoms with E-state index in [2.05, 4.69) is 34.7 Å². The molecule has 0 spiro atoms. The minimum atomic E-state index is -0.683. The van der Waals surface area contributed by atoms with Crippen LogP contribution in [-0.4, -0.2) is 57.7 Å². The van der Waals surface area contributed by atoms with Crippen molar-refractivity contribution in [2.75, 3.05) is 29.9 Å². The third-order valence-electron chi connectivity index (χ3n) is 4.47. The Hall–Kier alpha value is -2.13. The van der Waals surface area contributed by atoms with Gasteiger partial charge < -0.3 is 10.2 Å². The van der Waals surface area contributed by atoms with Crippen LogP contribution >= 0.6 is 23.1 Å². The van der Waals surface area contributed by atoms with Crippen LogP contribution in [0.2, 0.25) is 0 Å². The van der Waals surface area contributed by atoms with Crippen LogP contribution in [0.1, 0.15) is 24.4 Å². The first kappa shape index (κ1) is 21.6. The first-order valence-corrected chi connectivity index (χ1v) is 11.8. The predicted octanol–water partition coefficient (Wildman–Crippen LogP) is 3.04. The van der Waals surface area contributed by atoms with Crippen molar-refractivity contribution in [2.45, 2.75) is 32.7 Å². The monoisotopic (exact) mass is 433 g/mol. The SMILES string of the molecule is CC(C)Cc1nnc(NC(=O)[C@H](Cc2ccccc2)NC(=O)N2CCSCC2)s1. The molecule has 29 heavy (non-hydrogen) atoms. The molecule has 1 saturated heterocycles. The van der Waals surface area contributed by atoms with Gasteiger partial charge >= 0.3 is 6.03 Å². The number of anilines is 1. The van der Waals surface area contributed by atoms with Crippen molar-refractivity contribution in [3.63, 3.8) is 0 Å². The van der Waals surface area contributed by atoms with Crippen molar-refractivity contribution in [2.24, 2.45) is 5.92 Å². The van der Waals surface area contributed by atoms with Crippen molar-refractivity contribution in [3.05, 3.63) is 40.9 Å². The van der Waals surface area contributed by atoms with Gasteiger partial charge in [-0.15, -0.1) is 10.2 Å². The molecular weight excluding hydrogens is 406 g/mol. The molecule has 1 atom stereocenters. The molecule has 0 bridgehead atoms. The van der Waals surface area contributed by atoms with Crippen molar-refractivity contribution < 1.29 is 9.59 Å². The van der Waals surface area contributed by atoms with E-state index in [9.17, 15) is 9.59 Å². The Bertz CT molecular complexity index is 806. The number of thioether (sulfide) groups is 1. The van der Waals surface area contributed by atoms with Crippen LogP contribution in [0.25, 0.3) is 0 Å². The third kappa shape index (κ3) is 6.71. The summed E-state index contributed by atoms with van der Waals surface area (Å²) in [7, 11) is 0. The molecule has 0 saturated carbocycles. The molecule has 7 nitrogen and oxygen atoms in total. The molecule has 156 valence electrons. The summed E-state index contributed by atoms with van der Waals surface area (Å²) in [5.41, 5.74) is 0.986. The number of amides is 3. The molecule has 2 heterocycles. The van der Waals surface area contributed by atoms with Crippen LogP contribution in [0.3, 0.4) is 0 Å². The molecule has 0 radical (unpaired) electrons. The van der Waals surface area contributed by atoms with Gasteiger partial charge in [0.05, 0.1) is 0 Å². The van der Waals surface area contributed by atoms with E-state index in [1.807, 2.05) is 42.1 Å². The maximum absolute atomic E-state index is 13.0. The van der Waals surface area contributed by atoms with E-state index in [0.29, 0.717) is 30.6 Å². The van der Waals surface area contributed by atoms with E-state index in [1.54, 1.807) is 4.90 Å². The van der Waals surface area contributed by atoms with Gasteiger partial charge in [0.1, 0.15) is 11.0 Å². The summed E-state index contributed by atoms with van der Waals surface area (Å²) < 4.78 is 0. The fraction of sp³-hybridized carbons (Fsp3) is 0.500. The number of carbonyl (C=O) groups excluding carboxylic acids is 2. The Kier molecular flexibility index (Phi) is 7.88. The van der Waals surface area contributed by atoms with Crippen molar-refractivity contribution in [3.8, 4) is 0 Å². The highest BCUT2D eigenvalue weighted by molar-refractivity contribution is 7.99. The topological polar surface area (TPSA) is 87.2 Å². The molecule has 1 fully saturated rings. The molecule has 1 aliphatic rings. The van der Waals surface area contributed by atoms with Gasteiger partial charge in [0.2, 0.25) is 11.0 Å². The minimum absolute atomic E-state index is 0.195. The second-order valence-electron chi connectivity index (χ2n) is 7.38. The number of aromatic nitrogens is 2. The maximum Gasteiger partial charge on any atom is 0.318 e. The van der Waals surface area contributed by atoms with Gasteiger partial charge in [-0.25, -0.2) is 4.79 Å². The van der Waals surface area contributed by atoms with Gasteiger partial charge in [-0.1, -0.05) is 55.5 Å². The standard InChI is InChI=1S/C20H27N5O2S2/c1-14(2)12-17-23-24-19(29-17)22-18(26)16(13-15-6-4-3-5-7-15)21-20(27)25-8-10-28-11-9-25/h3-7,14,16H,8-13H2,1-2H3,(H,21,27)(H,22,24,26)/t16-/m0/s1. The zero-order valence-electron chi connectivity index (χ0n) is 16.8. The number of urea groups is 1. The number of hydrogen-bond donors (Lipinski definition) is 2. The van der Waals surface area contributed by atoms with Crippen molar-refractivity contribution in [1.82, 2.24) is 20.4 Å². The average Bonchev–Trinajstić information content (AvgIpc) is 3.14. The Morgan fingerprint density at radius 3 is 2.52 bits per heavy atom. The Labute approximate surface area is 179 Å². The minimum Gasteiger partial charge on any atom is -0.326 e. The smallest absolute Gasteiger partial charge is 0.318 e. The van der Waals surface area contributed by atoms with Gasteiger partial charge in [-0.2, -0.15) is 11.8 Å². The largest absolute Gasteiger partial charge is 0.326 e. The second kappa shape index (κ2) is 10.6. The lowest BCUT2D eigenvalue weighted by atomic mass is 10.1. The van der Waals surface area contributed by atoms with Crippen LogP contribution in [0, 0.1) is 5.92 Å². The van der Waals surface area contributed by atoms with Gasteiger partial charge in [0, 0.05) is 37.4 Å². The number of nitrogens with zero attached hydrogens (tertiary/aromatic N) is 3. The molecule has 3 rings (SSSR count). The summed E-state index contributed by atoms with van der Waals surface area (Å²) in [5, 5.41) is 15.3. The zero-order chi connectivity index (χ0) is 20.6. The molecule has 2 N–H and O–H groups in total. The summed E-state index contributed by atoms with van der Waals surface area (Å²) >= 11 is 3.22. The third-order valence-corrected chi connectivity index (χ3v) is 6.28. The lowest BCUT2D eigenvalue weighted by molar-refractivity contribution is -0.118. The molecular formula is C20H27N5O2S2. The molecule has 3 amide bonds. The van der Waals surface area contributed by atoms with Gasteiger partial charge in [-0.3, -0.25) is 10.1 Å². The Balaban J connectivity index is 1.68. The highest BCUT2D eigenvalue weighted by atomic mass is 32.2. The number of nitrogens with one attached hydrogen (secondary N) is 2. The number of hydrogen-bond acceptors (Lipinski definition) is 6. The fourth-order valence-electron chi connectivity index (χ4n) is 2.99. The lowest BCUT2D eigenvalue weighted by Gasteiger charge is -2.28. The van der Waals surface area contributed by atoms with Crippen LogP contribution in [0.4, 0.5) is 9.93 Å². The van der Waals surface area contributed by atoms with Crippen LogP contribution in [0.15, 0.2) is 30.3 Å². The van der Waals surface area contributed by atoms with Crippen molar-refractivity contribution in [1.29, 1.82) is 0 Å². The fourth-order valence-corrected chi connectivity index (χ4v) is 4.85. The first-order valence-electron chi connectivity index (χ1n) is 9.81. The molecule has 9 heteroatoms. The van der Waals surface area contributed by atoms with Gasteiger partial charge in [0.25, 0.3) is 0 Å². The van der Waals surface area contributed by atoms with Crippen molar-refractivity contribution >= 4 is 40.2 Å². The predicted molar refractivity (Wildman–Crippen MR) is 118 cm³/mol. The molecule has 1 aliphatic heterocycles. The Morgan fingerprint density at radius 2 is 1.83 bits per heavy atom. The van der Waals surface area contributed by atoms with E-state index >= 15 is 0 Å². The average molecular weight is 434 g/mol. The second-order valence-corrected chi connectivity index (χ2v) is 9.67. The summed E-state index contributed by atoms with van der Waals surface area (Å²) in [6.07, 6.45) is 1.24. The van der Waals surface area contributed by atoms with E-state index in [-0.39, 0.29) is 11.9 Å². The van der Waals surface area contributed by atoms with Gasteiger partial charge in [-0.05, 0) is 11.5 Å². The summed E-state index contributed by atoms with van der Waals surface area (Å²) in [6, 6.07) is 8.82. The number of rotatable bonds is 7. The lowest BCUT2D eigenvalue weighted by Crippen LogP contribution is -2.52. The molecule has 0 unspecified atom stereocenters. The van der Waals surface area contributed by atoms with E-state index < -0.39 is 6.04 Å². The maximum atomic E-state index is 13.0. The summed E-state index contributed by atoms with van der Waals surface area (Å²) in [4.78, 5) is 27.4. The molecule has 1 aromatic heterocycles. The normalized spacial score (nSPS) is 15.2. The quantitative estimate of drug-likeness (QED) is 0.701. The van der Waals surface area contributed by atoms with Crippen LogP contribution < -0.4 is 10.6 Å². The molecule has 2 aromatic rings. The van der Waals surface area contributed by atoms with Crippen LogP contribution in [0.5, 0.6) is 0 Å². The van der Waals surface area contributed by atoms with Gasteiger partial charge in [0.15, 0.2) is 0 Å².